The SMILES string of the molecule is COc1cccc(NC(=O)CN2CC(C(C)C(=O)O)C2)c1. The molecule has 6 heteroatoms. The number of benzene rings is 1. The summed E-state index contributed by atoms with van der Waals surface area (Å²) in [7, 11) is 1.57. The van der Waals surface area contributed by atoms with Crippen LogP contribution in [0.5, 0.6) is 5.75 Å². The van der Waals surface area contributed by atoms with Gasteiger partial charge in [0.05, 0.1) is 19.6 Å². The van der Waals surface area contributed by atoms with Crippen LogP contribution in [0.1, 0.15) is 6.92 Å². The number of rotatable bonds is 6. The van der Waals surface area contributed by atoms with Crippen LogP contribution in [0.3, 0.4) is 0 Å². The third-order valence-electron chi connectivity index (χ3n) is 3.80. The largest absolute Gasteiger partial charge is 0.497 e. The minimum atomic E-state index is -0.777. The Morgan fingerprint density at radius 1 is 1.48 bits per heavy atom. The quantitative estimate of drug-likeness (QED) is 0.826. The van der Waals surface area contributed by atoms with Crippen molar-refractivity contribution >= 4 is 17.6 Å². The van der Waals surface area contributed by atoms with Gasteiger partial charge in [-0.05, 0) is 18.1 Å². The van der Waals surface area contributed by atoms with Crippen molar-refractivity contribution in [2.24, 2.45) is 11.8 Å². The molecule has 1 saturated heterocycles. The second-order valence-electron chi connectivity index (χ2n) is 5.36. The fraction of sp³-hybridized carbons (Fsp3) is 0.467. The van der Waals surface area contributed by atoms with E-state index < -0.39 is 5.97 Å². The maximum atomic E-state index is 11.9. The van der Waals surface area contributed by atoms with E-state index in [1.165, 1.54) is 0 Å². The van der Waals surface area contributed by atoms with Crippen molar-refractivity contribution in [1.29, 1.82) is 0 Å². The van der Waals surface area contributed by atoms with Crippen molar-refractivity contribution < 1.29 is 19.4 Å². The van der Waals surface area contributed by atoms with Crippen molar-refractivity contribution in [1.82, 2.24) is 4.90 Å². The van der Waals surface area contributed by atoms with Crippen LogP contribution in [0.2, 0.25) is 0 Å². The van der Waals surface area contributed by atoms with E-state index in [0.29, 0.717) is 24.5 Å². The summed E-state index contributed by atoms with van der Waals surface area (Å²) in [6.45, 7) is 3.29. The molecule has 1 unspecified atom stereocenters. The molecule has 1 aromatic rings. The van der Waals surface area contributed by atoms with Crippen LogP contribution in [0.15, 0.2) is 24.3 Å². The molecule has 0 aromatic heterocycles. The second kappa shape index (κ2) is 6.58. The molecule has 0 radical (unpaired) electrons. The van der Waals surface area contributed by atoms with Crippen LogP contribution in [-0.2, 0) is 9.59 Å². The van der Waals surface area contributed by atoms with Gasteiger partial charge in [0.15, 0.2) is 0 Å². The van der Waals surface area contributed by atoms with E-state index in [1.807, 2.05) is 17.0 Å². The van der Waals surface area contributed by atoms with Crippen molar-refractivity contribution in [3.63, 3.8) is 0 Å². The lowest BCUT2D eigenvalue weighted by Crippen LogP contribution is -2.53. The Morgan fingerprint density at radius 2 is 2.19 bits per heavy atom. The fourth-order valence-electron chi connectivity index (χ4n) is 2.36. The van der Waals surface area contributed by atoms with Gasteiger partial charge in [-0.3, -0.25) is 14.5 Å². The van der Waals surface area contributed by atoms with E-state index in [1.54, 1.807) is 26.2 Å². The highest BCUT2D eigenvalue weighted by molar-refractivity contribution is 5.92. The Hall–Kier alpha value is -2.08. The normalized spacial score (nSPS) is 16.9. The number of methoxy groups -OCH3 is 1. The Balaban J connectivity index is 1.77. The number of nitrogens with zero attached hydrogens (tertiary/aromatic N) is 1. The summed E-state index contributed by atoms with van der Waals surface area (Å²) in [6, 6.07) is 7.17. The molecule has 0 bridgehead atoms. The summed E-state index contributed by atoms with van der Waals surface area (Å²) in [5.41, 5.74) is 0.690. The Kier molecular flexibility index (Phi) is 4.80. The average Bonchev–Trinajstić information content (AvgIpc) is 2.41. The minimum Gasteiger partial charge on any atom is -0.497 e. The third kappa shape index (κ3) is 3.95. The van der Waals surface area contributed by atoms with E-state index in [-0.39, 0.29) is 24.3 Å². The molecule has 21 heavy (non-hydrogen) atoms. The number of aliphatic carboxylic acids is 1. The molecule has 1 fully saturated rings. The molecule has 114 valence electrons. The summed E-state index contributed by atoms with van der Waals surface area (Å²) < 4.78 is 5.10. The molecule has 0 aliphatic carbocycles. The highest BCUT2D eigenvalue weighted by Crippen LogP contribution is 2.24. The number of nitrogens with one attached hydrogen (secondary N) is 1. The minimum absolute atomic E-state index is 0.107. The average molecular weight is 292 g/mol. The van der Waals surface area contributed by atoms with Crippen molar-refractivity contribution in [3.8, 4) is 5.75 Å². The lowest BCUT2D eigenvalue weighted by molar-refractivity contribution is -0.145. The molecule has 0 saturated carbocycles. The van der Waals surface area contributed by atoms with E-state index >= 15 is 0 Å². The maximum absolute atomic E-state index is 11.9. The highest BCUT2D eigenvalue weighted by Gasteiger charge is 2.35. The lowest BCUT2D eigenvalue weighted by Gasteiger charge is -2.40. The fourth-order valence-corrected chi connectivity index (χ4v) is 2.36. The number of carboxylic acids is 1. The number of amides is 1. The molecule has 1 atom stereocenters. The monoisotopic (exact) mass is 292 g/mol. The van der Waals surface area contributed by atoms with Crippen molar-refractivity contribution in [3.05, 3.63) is 24.3 Å². The zero-order chi connectivity index (χ0) is 15.4. The lowest BCUT2D eigenvalue weighted by atomic mass is 9.87. The number of carboxylic acid groups (broad SMARTS) is 1. The summed E-state index contributed by atoms with van der Waals surface area (Å²) in [6.07, 6.45) is 0. The van der Waals surface area contributed by atoms with Crippen LogP contribution in [0.25, 0.3) is 0 Å². The van der Waals surface area contributed by atoms with Gasteiger partial charge in [-0.1, -0.05) is 13.0 Å². The number of ether oxygens (including phenoxy) is 1. The maximum Gasteiger partial charge on any atom is 0.306 e. The standard InChI is InChI=1S/C15H20N2O4/c1-10(15(19)20)11-7-17(8-11)9-14(18)16-12-4-3-5-13(6-12)21-2/h3-6,10-11H,7-9H2,1-2H3,(H,16,18)(H,19,20). The first kappa shape index (κ1) is 15.3. The molecule has 1 aliphatic rings. The van der Waals surface area contributed by atoms with Crippen LogP contribution < -0.4 is 10.1 Å². The molecule has 1 aromatic carbocycles. The molecular weight excluding hydrogens is 272 g/mol. The van der Waals surface area contributed by atoms with Gasteiger partial charge in [-0.15, -0.1) is 0 Å². The molecule has 1 heterocycles. The van der Waals surface area contributed by atoms with Gasteiger partial charge in [0.1, 0.15) is 5.75 Å². The predicted molar refractivity (Wildman–Crippen MR) is 78.4 cm³/mol. The molecular formula is C15H20N2O4. The predicted octanol–water partition coefficient (Wildman–Crippen LogP) is 1.29. The van der Waals surface area contributed by atoms with E-state index in [0.717, 1.165) is 0 Å². The highest BCUT2D eigenvalue weighted by atomic mass is 16.5. The van der Waals surface area contributed by atoms with Crippen LogP contribution in [0, 0.1) is 11.8 Å². The van der Waals surface area contributed by atoms with Crippen LogP contribution >= 0.6 is 0 Å². The van der Waals surface area contributed by atoms with Crippen LogP contribution in [0.4, 0.5) is 5.69 Å². The zero-order valence-electron chi connectivity index (χ0n) is 12.2. The van der Waals surface area contributed by atoms with Gasteiger partial charge in [-0.2, -0.15) is 0 Å². The van der Waals surface area contributed by atoms with Gasteiger partial charge in [-0.25, -0.2) is 0 Å². The van der Waals surface area contributed by atoms with E-state index in [4.69, 9.17) is 9.84 Å². The first-order valence-electron chi connectivity index (χ1n) is 6.88. The Labute approximate surface area is 123 Å². The van der Waals surface area contributed by atoms with E-state index in [2.05, 4.69) is 5.32 Å². The summed E-state index contributed by atoms with van der Waals surface area (Å²) in [5.74, 6) is -0.424. The Morgan fingerprint density at radius 3 is 2.81 bits per heavy atom. The second-order valence-corrected chi connectivity index (χ2v) is 5.36. The van der Waals surface area contributed by atoms with Gasteiger partial charge in [0.2, 0.25) is 5.91 Å². The van der Waals surface area contributed by atoms with Gasteiger partial charge in [0.25, 0.3) is 0 Å². The molecule has 1 aliphatic heterocycles. The van der Waals surface area contributed by atoms with Gasteiger partial charge in [0, 0.05) is 24.8 Å². The van der Waals surface area contributed by atoms with Gasteiger partial charge >= 0.3 is 5.97 Å². The topological polar surface area (TPSA) is 78.9 Å². The molecule has 0 spiro atoms. The number of likely N-dealkylation sites (tertiary alicyclic amines) is 1. The first-order valence-corrected chi connectivity index (χ1v) is 6.88. The van der Waals surface area contributed by atoms with E-state index in [9.17, 15) is 9.59 Å². The first-order chi connectivity index (χ1) is 9.99. The smallest absolute Gasteiger partial charge is 0.306 e. The number of carbonyl (C=O) groups is 2. The van der Waals surface area contributed by atoms with Crippen molar-refractivity contribution in [2.75, 3.05) is 32.1 Å². The number of hydrogen-bond acceptors (Lipinski definition) is 4. The molecule has 1 amide bonds. The summed E-state index contributed by atoms with van der Waals surface area (Å²) in [5, 5.41) is 11.7. The zero-order valence-corrected chi connectivity index (χ0v) is 12.2. The third-order valence-corrected chi connectivity index (χ3v) is 3.80. The molecule has 6 nitrogen and oxygen atoms in total. The van der Waals surface area contributed by atoms with Crippen molar-refractivity contribution in [2.45, 2.75) is 6.92 Å². The van der Waals surface area contributed by atoms with Crippen LogP contribution in [-0.4, -0.2) is 48.6 Å². The number of hydrogen-bond donors (Lipinski definition) is 2. The Bertz CT molecular complexity index is 526. The summed E-state index contributed by atoms with van der Waals surface area (Å²) in [4.78, 5) is 24.7. The molecule has 2 rings (SSSR count). The number of carbonyl (C=O) groups excluding carboxylic acids is 1. The summed E-state index contributed by atoms with van der Waals surface area (Å²) >= 11 is 0. The number of anilines is 1. The molecule has 2 N–H and O–H groups in total. The van der Waals surface area contributed by atoms with Gasteiger partial charge < -0.3 is 15.2 Å².